The first kappa shape index (κ1) is 18.8. The molecule has 0 unspecified atom stereocenters. The van der Waals surface area contributed by atoms with Crippen LogP contribution in [-0.2, 0) is 4.79 Å². The topological polar surface area (TPSA) is 54.8 Å². The fourth-order valence-corrected chi connectivity index (χ4v) is 4.47. The first-order chi connectivity index (χ1) is 13.7. The summed E-state index contributed by atoms with van der Waals surface area (Å²) in [4.78, 5) is 18.4. The van der Waals surface area contributed by atoms with Crippen LogP contribution < -0.4 is 9.75 Å². The molecule has 0 radical (unpaired) electrons. The Labute approximate surface area is 178 Å². The van der Waals surface area contributed by atoms with Crippen LogP contribution in [0.3, 0.4) is 0 Å². The molecule has 2 aromatic heterocycles. The molecule has 2 aromatic carbocycles. The summed E-state index contributed by atoms with van der Waals surface area (Å²) < 4.78 is 7.54. The van der Waals surface area contributed by atoms with Gasteiger partial charge in [-0.2, -0.15) is 10.1 Å². The third-order valence-electron chi connectivity index (χ3n) is 3.71. The number of carbonyl (C=O) groups is 1. The normalized spacial score (nSPS) is 11.2. The average Bonchev–Trinajstić information content (AvgIpc) is 3.37. The summed E-state index contributed by atoms with van der Waals surface area (Å²) in [7, 11) is 0. The summed E-state index contributed by atoms with van der Waals surface area (Å²) in [5.74, 6) is 0.334. The molecule has 4 aromatic rings. The van der Waals surface area contributed by atoms with Gasteiger partial charge in [-0.05, 0) is 41.8 Å². The van der Waals surface area contributed by atoms with Gasteiger partial charge in [0.15, 0.2) is 6.61 Å². The molecule has 4 rings (SSSR count). The maximum Gasteiger partial charge on any atom is 0.287 e. The van der Waals surface area contributed by atoms with E-state index < -0.39 is 0 Å². The number of hydrogen-bond donors (Lipinski definition) is 0. The molecular formula is C20H14BrN3O2S2. The summed E-state index contributed by atoms with van der Waals surface area (Å²) in [5.41, 5.74) is 0.816. The Hall–Kier alpha value is -2.55. The van der Waals surface area contributed by atoms with Crippen molar-refractivity contribution in [1.29, 1.82) is 0 Å². The predicted molar refractivity (Wildman–Crippen MR) is 119 cm³/mol. The van der Waals surface area contributed by atoms with Gasteiger partial charge < -0.3 is 4.74 Å². The predicted octanol–water partition coefficient (Wildman–Crippen LogP) is 5.57. The fraction of sp³-hybridized carbons (Fsp3) is 0.0500. The largest absolute Gasteiger partial charge is 0.484 e. The van der Waals surface area contributed by atoms with Gasteiger partial charge in [-0.3, -0.25) is 4.79 Å². The van der Waals surface area contributed by atoms with Gasteiger partial charge in [0.1, 0.15) is 5.75 Å². The Morgan fingerprint density at radius 1 is 1.18 bits per heavy atom. The number of ether oxygens (including phenoxy) is 1. The van der Waals surface area contributed by atoms with Gasteiger partial charge >= 0.3 is 0 Å². The molecule has 0 aliphatic carbocycles. The van der Waals surface area contributed by atoms with Crippen LogP contribution in [0.5, 0.6) is 5.75 Å². The van der Waals surface area contributed by atoms with Crippen molar-refractivity contribution in [3.63, 3.8) is 0 Å². The van der Waals surface area contributed by atoms with Crippen molar-refractivity contribution in [3.8, 4) is 5.75 Å². The molecule has 1 amide bonds. The molecule has 0 atom stereocenters. The third kappa shape index (κ3) is 4.46. The summed E-state index contributed by atoms with van der Waals surface area (Å²) in [5, 5.41) is 8.16. The lowest BCUT2D eigenvalue weighted by Crippen LogP contribution is -2.30. The first-order valence-corrected chi connectivity index (χ1v) is 10.8. The van der Waals surface area contributed by atoms with Crippen LogP contribution in [0.15, 0.2) is 75.6 Å². The van der Waals surface area contributed by atoms with Crippen molar-refractivity contribution < 1.29 is 9.53 Å². The number of anilines is 1. The Kier molecular flexibility index (Phi) is 5.80. The van der Waals surface area contributed by atoms with Crippen LogP contribution in [0.2, 0.25) is 0 Å². The van der Waals surface area contributed by atoms with E-state index in [1.165, 1.54) is 16.3 Å². The molecule has 0 saturated carbocycles. The molecular weight excluding hydrogens is 458 g/mol. The lowest BCUT2D eigenvalue weighted by molar-refractivity contribution is -0.120. The van der Waals surface area contributed by atoms with Gasteiger partial charge in [-0.15, -0.1) is 11.3 Å². The molecule has 0 N–H and O–H groups in total. The third-order valence-corrected chi connectivity index (χ3v) is 6.00. The number of thiazole rings is 1. The molecule has 0 aliphatic heterocycles. The molecule has 0 fully saturated rings. The van der Waals surface area contributed by atoms with E-state index in [1.54, 1.807) is 17.6 Å². The highest BCUT2D eigenvalue weighted by atomic mass is 79.9. The van der Waals surface area contributed by atoms with Gasteiger partial charge in [0, 0.05) is 9.35 Å². The van der Waals surface area contributed by atoms with Gasteiger partial charge in [0.2, 0.25) is 5.13 Å². The van der Waals surface area contributed by atoms with Gasteiger partial charge in [-0.1, -0.05) is 51.5 Å². The van der Waals surface area contributed by atoms with Crippen molar-refractivity contribution >= 4 is 66.1 Å². The van der Waals surface area contributed by atoms with E-state index >= 15 is 0 Å². The van der Waals surface area contributed by atoms with E-state index in [2.05, 4.69) is 26.0 Å². The molecule has 28 heavy (non-hydrogen) atoms. The summed E-state index contributed by atoms with van der Waals surface area (Å²) in [6.45, 7) is -0.134. The maximum atomic E-state index is 12.9. The Morgan fingerprint density at radius 3 is 2.82 bits per heavy atom. The number of hydrazone groups is 1. The number of hydrogen-bond acceptors (Lipinski definition) is 6. The van der Waals surface area contributed by atoms with E-state index in [4.69, 9.17) is 4.74 Å². The molecule has 140 valence electrons. The second-order valence-corrected chi connectivity index (χ2v) is 8.58. The van der Waals surface area contributed by atoms with Gasteiger partial charge in [-0.25, -0.2) is 4.98 Å². The maximum absolute atomic E-state index is 12.9. The number of amides is 1. The number of rotatable bonds is 6. The summed E-state index contributed by atoms with van der Waals surface area (Å²) in [6.07, 6.45) is 1.66. The van der Waals surface area contributed by atoms with Crippen molar-refractivity contribution in [2.24, 2.45) is 5.10 Å². The lowest BCUT2D eigenvalue weighted by Gasteiger charge is -2.14. The van der Waals surface area contributed by atoms with Crippen LogP contribution in [0, 0.1) is 0 Å². The van der Waals surface area contributed by atoms with Crippen LogP contribution >= 0.6 is 38.6 Å². The number of fused-ring (bicyclic) bond motifs is 1. The summed E-state index contributed by atoms with van der Waals surface area (Å²) >= 11 is 6.42. The number of thiophene rings is 1. The zero-order valence-corrected chi connectivity index (χ0v) is 17.7. The molecule has 0 aliphatic rings. The van der Waals surface area contributed by atoms with Gasteiger partial charge in [0.25, 0.3) is 5.91 Å². The highest BCUT2D eigenvalue weighted by Crippen LogP contribution is 2.31. The van der Waals surface area contributed by atoms with Gasteiger partial charge in [0.05, 0.1) is 16.4 Å². The highest BCUT2D eigenvalue weighted by molar-refractivity contribution is 9.10. The highest BCUT2D eigenvalue weighted by Gasteiger charge is 2.20. The zero-order valence-electron chi connectivity index (χ0n) is 14.5. The minimum Gasteiger partial charge on any atom is -0.484 e. The van der Waals surface area contributed by atoms with E-state index in [-0.39, 0.29) is 12.5 Å². The number of carbonyl (C=O) groups excluding carboxylic acids is 1. The van der Waals surface area contributed by atoms with Crippen LogP contribution in [0.1, 0.15) is 4.88 Å². The SMILES string of the molecule is O=C(COc1ccccc1)N(/N=C/c1cccs1)c1nc2ccc(Br)cc2s1. The van der Waals surface area contributed by atoms with Crippen LogP contribution in [0.4, 0.5) is 5.13 Å². The molecule has 0 saturated heterocycles. The van der Waals surface area contributed by atoms with Crippen molar-refractivity contribution in [2.75, 3.05) is 11.6 Å². The smallest absolute Gasteiger partial charge is 0.287 e. The lowest BCUT2D eigenvalue weighted by atomic mass is 10.3. The van der Waals surface area contributed by atoms with Crippen LogP contribution in [-0.4, -0.2) is 23.7 Å². The number of nitrogens with zero attached hydrogens (tertiary/aromatic N) is 3. The van der Waals surface area contributed by atoms with E-state index in [1.807, 2.05) is 66.0 Å². The Morgan fingerprint density at radius 2 is 2.04 bits per heavy atom. The molecule has 5 nitrogen and oxygen atoms in total. The van der Waals surface area contributed by atoms with Crippen molar-refractivity contribution in [3.05, 3.63) is 75.4 Å². The Bertz CT molecular complexity index is 1110. The minimum absolute atomic E-state index is 0.134. The van der Waals surface area contributed by atoms with E-state index in [9.17, 15) is 4.79 Å². The quantitative estimate of drug-likeness (QED) is 0.273. The standard InChI is InChI=1S/C20H14BrN3O2S2/c21-14-8-9-17-18(11-14)28-20(23-17)24(22-12-16-7-4-10-27-16)19(25)13-26-15-5-2-1-3-6-15/h1-12H,13H2/b22-12+. The van der Waals surface area contributed by atoms with Crippen molar-refractivity contribution in [1.82, 2.24) is 4.98 Å². The molecule has 8 heteroatoms. The van der Waals surface area contributed by atoms with Crippen molar-refractivity contribution in [2.45, 2.75) is 0 Å². The van der Waals surface area contributed by atoms with E-state index in [0.717, 1.165) is 19.6 Å². The zero-order chi connectivity index (χ0) is 19.3. The number of halogens is 1. The van der Waals surface area contributed by atoms with E-state index in [0.29, 0.717) is 10.9 Å². The summed E-state index contributed by atoms with van der Waals surface area (Å²) in [6, 6.07) is 18.9. The minimum atomic E-state index is -0.296. The Balaban J connectivity index is 1.61. The number of benzene rings is 2. The average molecular weight is 472 g/mol. The molecule has 2 heterocycles. The molecule has 0 bridgehead atoms. The fourth-order valence-electron chi connectivity index (χ4n) is 2.40. The number of para-hydroxylation sites is 1. The van der Waals surface area contributed by atoms with Crippen LogP contribution in [0.25, 0.3) is 10.2 Å². The first-order valence-electron chi connectivity index (χ1n) is 8.33. The second-order valence-electron chi connectivity index (χ2n) is 5.68. The second kappa shape index (κ2) is 8.64. The monoisotopic (exact) mass is 471 g/mol. The number of aromatic nitrogens is 1. The molecule has 0 spiro atoms.